The van der Waals surface area contributed by atoms with Crippen LogP contribution in [0.1, 0.15) is 50.6 Å². The molecule has 2 N–H and O–H groups in total. The Bertz CT molecular complexity index is 943. The van der Waals surface area contributed by atoms with Crippen LogP contribution in [0.4, 0.5) is 8.78 Å². The van der Waals surface area contributed by atoms with E-state index in [1.807, 2.05) is 0 Å². The van der Waals surface area contributed by atoms with Gasteiger partial charge in [0.15, 0.2) is 11.6 Å². The van der Waals surface area contributed by atoms with Crippen LogP contribution in [0.15, 0.2) is 34.1 Å². The highest BCUT2D eigenvalue weighted by atomic mass is 32.2. The van der Waals surface area contributed by atoms with Gasteiger partial charge in [-0.15, -0.1) is 11.8 Å². The Balaban J connectivity index is 2.06. The molecule has 150 valence electrons. The van der Waals surface area contributed by atoms with E-state index in [1.54, 1.807) is 0 Å². The van der Waals surface area contributed by atoms with E-state index in [-0.39, 0.29) is 5.56 Å². The van der Waals surface area contributed by atoms with Gasteiger partial charge in [-0.25, -0.2) is 8.78 Å². The molecule has 28 heavy (non-hydrogen) atoms. The standard InChI is InChI=1S/C21H24F2N2O2S/c1-2-3-4-5-6-7-13-11-18(26)25-17(20(24)27)12-28-21(25)19(13)14-8-9-15(22)16(23)10-14/h8-11,17H,2-7,12H2,1H3,(H2,24,27)/t17-/m1/s1. The molecular formula is C21H24F2N2O2S. The number of unbranched alkanes of at least 4 members (excludes halogenated alkanes) is 4. The Labute approximate surface area is 167 Å². The van der Waals surface area contributed by atoms with Crippen molar-refractivity contribution < 1.29 is 13.6 Å². The van der Waals surface area contributed by atoms with Crippen molar-refractivity contribution in [1.82, 2.24) is 4.57 Å². The van der Waals surface area contributed by atoms with Crippen LogP contribution < -0.4 is 11.3 Å². The van der Waals surface area contributed by atoms with Crippen molar-refractivity contribution in [1.29, 1.82) is 0 Å². The SMILES string of the molecule is CCCCCCCc1cc(=O)n2c(c1-c1ccc(F)c(F)c1)SC[C@@H]2C(N)=O. The van der Waals surface area contributed by atoms with Crippen molar-refractivity contribution >= 4 is 17.7 Å². The Morgan fingerprint density at radius 1 is 1.18 bits per heavy atom. The number of carbonyl (C=O) groups is 1. The number of nitrogens with zero attached hydrogens (tertiary/aromatic N) is 1. The predicted octanol–water partition coefficient (Wildman–Crippen LogP) is 4.44. The van der Waals surface area contributed by atoms with Crippen molar-refractivity contribution in [2.45, 2.75) is 56.5 Å². The van der Waals surface area contributed by atoms with Gasteiger partial charge in [-0.1, -0.05) is 38.7 Å². The summed E-state index contributed by atoms with van der Waals surface area (Å²) in [6, 6.07) is 4.53. The third-order valence-electron chi connectivity index (χ3n) is 5.06. The number of nitrogens with two attached hydrogens (primary N) is 1. The summed E-state index contributed by atoms with van der Waals surface area (Å²) in [5.74, 6) is -2.07. The highest BCUT2D eigenvalue weighted by Crippen LogP contribution is 2.41. The van der Waals surface area contributed by atoms with E-state index >= 15 is 0 Å². The van der Waals surface area contributed by atoms with E-state index in [9.17, 15) is 18.4 Å². The maximum atomic E-state index is 13.9. The summed E-state index contributed by atoms with van der Waals surface area (Å²) in [6.45, 7) is 2.15. The molecule has 1 aliphatic rings. The van der Waals surface area contributed by atoms with Crippen LogP contribution in [-0.2, 0) is 11.2 Å². The molecule has 0 radical (unpaired) electrons. The quantitative estimate of drug-likeness (QED) is 0.659. The van der Waals surface area contributed by atoms with Gasteiger partial charge < -0.3 is 5.73 Å². The van der Waals surface area contributed by atoms with E-state index in [0.29, 0.717) is 28.3 Å². The van der Waals surface area contributed by atoms with E-state index < -0.39 is 23.6 Å². The zero-order chi connectivity index (χ0) is 20.3. The summed E-state index contributed by atoms with van der Waals surface area (Å²) in [5.41, 5.74) is 7.18. The maximum absolute atomic E-state index is 13.9. The number of hydrogen-bond acceptors (Lipinski definition) is 3. The Hall–Kier alpha value is -2.15. The smallest absolute Gasteiger partial charge is 0.252 e. The number of hydrogen-bond donors (Lipinski definition) is 1. The van der Waals surface area contributed by atoms with Crippen molar-refractivity contribution in [3.63, 3.8) is 0 Å². The van der Waals surface area contributed by atoms with Gasteiger partial charge in [-0.05, 0) is 36.1 Å². The largest absolute Gasteiger partial charge is 0.368 e. The molecule has 0 fully saturated rings. The Kier molecular flexibility index (Phi) is 6.54. The summed E-state index contributed by atoms with van der Waals surface area (Å²) < 4.78 is 28.7. The first kappa shape index (κ1) is 20.6. The minimum Gasteiger partial charge on any atom is -0.368 e. The van der Waals surface area contributed by atoms with Gasteiger partial charge in [0.05, 0.1) is 5.03 Å². The van der Waals surface area contributed by atoms with Crippen LogP contribution in [0.25, 0.3) is 11.1 Å². The van der Waals surface area contributed by atoms with Crippen LogP contribution in [0.2, 0.25) is 0 Å². The average molecular weight is 406 g/mol. The molecule has 0 bridgehead atoms. The lowest BCUT2D eigenvalue weighted by atomic mass is 9.96. The second-order valence-electron chi connectivity index (χ2n) is 7.08. The molecule has 0 aliphatic carbocycles. The van der Waals surface area contributed by atoms with E-state index in [2.05, 4.69) is 6.92 Å². The number of pyridine rings is 1. The van der Waals surface area contributed by atoms with Crippen LogP contribution >= 0.6 is 11.8 Å². The summed E-state index contributed by atoms with van der Waals surface area (Å²) >= 11 is 1.36. The van der Waals surface area contributed by atoms with Gasteiger partial charge in [0.25, 0.3) is 5.56 Å². The number of rotatable bonds is 8. The normalized spacial score (nSPS) is 15.6. The second kappa shape index (κ2) is 8.90. The highest BCUT2D eigenvalue weighted by Gasteiger charge is 2.32. The number of thioether (sulfide) groups is 1. The molecule has 0 saturated heterocycles. The molecule has 1 aromatic heterocycles. The number of amides is 1. The molecule has 0 spiro atoms. The lowest BCUT2D eigenvalue weighted by molar-refractivity contribution is -0.120. The molecular weight excluding hydrogens is 382 g/mol. The molecule has 2 aromatic rings. The van der Waals surface area contributed by atoms with Gasteiger partial charge in [0.1, 0.15) is 6.04 Å². The van der Waals surface area contributed by atoms with Crippen molar-refractivity contribution in [3.8, 4) is 11.1 Å². The fourth-order valence-corrected chi connectivity index (χ4v) is 4.98. The molecule has 1 amide bonds. The Morgan fingerprint density at radius 3 is 2.61 bits per heavy atom. The topological polar surface area (TPSA) is 65.1 Å². The van der Waals surface area contributed by atoms with E-state index in [4.69, 9.17) is 5.73 Å². The number of fused-ring (bicyclic) bond motifs is 1. The first-order valence-corrected chi connectivity index (χ1v) is 10.6. The number of primary amides is 1. The molecule has 2 heterocycles. The number of benzene rings is 1. The molecule has 7 heteroatoms. The molecule has 1 atom stereocenters. The molecule has 1 aromatic carbocycles. The van der Waals surface area contributed by atoms with Crippen LogP contribution in [-0.4, -0.2) is 16.2 Å². The second-order valence-corrected chi connectivity index (χ2v) is 8.09. The minimum atomic E-state index is -0.939. The maximum Gasteiger partial charge on any atom is 0.252 e. The van der Waals surface area contributed by atoms with Crippen LogP contribution in [0.5, 0.6) is 0 Å². The average Bonchev–Trinajstić information content (AvgIpc) is 3.10. The lowest BCUT2D eigenvalue weighted by Crippen LogP contribution is -2.33. The van der Waals surface area contributed by atoms with Crippen LogP contribution in [0, 0.1) is 11.6 Å². The summed E-state index contributed by atoms with van der Waals surface area (Å²) in [6.07, 6.45) is 6.05. The zero-order valence-electron chi connectivity index (χ0n) is 15.8. The predicted molar refractivity (Wildman–Crippen MR) is 107 cm³/mol. The van der Waals surface area contributed by atoms with E-state index in [1.165, 1.54) is 34.9 Å². The minimum absolute atomic E-state index is 0.279. The molecule has 0 unspecified atom stereocenters. The van der Waals surface area contributed by atoms with Gasteiger partial charge in [0, 0.05) is 17.4 Å². The molecule has 4 nitrogen and oxygen atoms in total. The van der Waals surface area contributed by atoms with Crippen molar-refractivity contribution in [2.75, 3.05) is 5.75 Å². The molecule has 0 saturated carbocycles. The third-order valence-corrected chi connectivity index (χ3v) is 6.22. The number of halogens is 2. The van der Waals surface area contributed by atoms with Crippen molar-refractivity contribution in [3.05, 3.63) is 51.8 Å². The highest BCUT2D eigenvalue weighted by molar-refractivity contribution is 7.99. The van der Waals surface area contributed by atoms with E-state index in [0.717, 1.165) is 43.4 Å². The van der Waals surface area contributed by atoms with Gasteiger partial charge in [0.2, 0.25) is 5.91 Å². The monoisotopic (exact) mass is 406 g/mol. The number of aryl methyl sites for hydroxylation is 1. The number of aromatic nitrogens is 1. The van der Waals surface area contributed by atoms with Gasteiger partial charge >= 0.3 is 0 Å². The first-order valence-electron chi connectivity index (χ1n) is 9.60. The lowest BCUT2D eigenvalue weighted by Gasteiger charge is -2.17. The third kappa shape index (κ3) is 4.14. The van der Waals surface area contributed by atoms with Gasteiger partial charge in [-0.3, -0.25) is 14.2 Å². The molecule has 3 rings (SSSR count). The summed E-state index contributed by atoms with van der Waals surface area (Å²) in [5, 5.41) is 0.603. The first-order chi connectivity index (χ1) is 13.4. The van der Waals surface area contributed by atoms with Gasteiger partial charge in [-0.2, -0.15) is 0 Å². The zero-order valence-corrected chi connectivity index (χ0v) is 16.7. The summed E-state index contributed by atoms with van der Waals surface area (Å²) in [4.78, 5) is 24.5. The van der Waals surface area contributed by atoms with Crippen molar-refractivity contribution in [2.24, 2.45) is 5.73 Å². The fraction of sp³-hybridized carbons (Fsp3) is 0.429. The summed E-state index contributed by atoms with van der Waals surface area (Å²) in [7, 11) is 0. The molecule has 1 aliphatic heterocycles. The van der Waals surface area contributed by atoms with Crippen LogP contribution in [0.3, 0.4) is 0 Å². The number of carbonyl (C=O) groups excluding carboxylic acids is 1. The fourth-order valence-electron chi connectivity index (χ4n) is 3.60. The Morgan fingerprint density at radius 2 is 1.93 bits per heavy atom.